The van der Waals surface area contributed by atoms with E-state index in [-0.39, 0.29) is 30.9 Å². The van der Waals surface area contributed by atoms with E-state index in [0.29, 0.717) is 23.7 Å². The molecule has 6 nitrogen and oxygen atoms in total. The number of carbonyl (C=O) groups is 2. The predicted octanol–water partition coefficient (Wildman–Crippen LogP) is 3.23. The van der Waals surface area contributed by atoms with Crippen LogP contribution < -0.4 is 19.7 Å². The number of para-hydroxylation sites is 2. The Morgan fingerprint density at radius 1 is 1.19 bits per heavy atom. The highest BCUT2D eigenvalue weighted by Gasteiger charge is 2.25. The van der Waals surface area contributed by atoms with Crippen LogP contribution in [0, 0.1) is 0 Å². The quantitative estimate of drug-likeness (QED) is 0.865. The Kier molecular flexibility index (Phi) is 5.41. The van der Waals surface area contributed by atoms with E-state index in [2.05, 4.69) is 5.32 Å². The lowest BCUT2D eigenvalue weighted by molar-refractivity contribution is -0.121. The van der Waals surface area contributed by atoms with E-state index in [4.69, 9.17) is 9.47 Å². The van der Waals surface area contributed by atoms with Crippen molar-refractivity contribution < 1.29 is 19.1 Å². The van der Waals surface area contributed by atoms with Crippen LogP contribution in [-0.4, -0.2) is 31.1 Å². The Labute approximate surface area is 152 Å². The van der Waals surface area contributed by atoms with Gasteiger partial charge in [-0.05, 0) is 50.2 Å². The predicted molar refractivity (Wildman–Crippen MR) is 99.7 cm³/mol. The maximum absolute atomic E-state index is 12.2. The molecule has 1 aliphatic rings. The van der Waals surface area contributed by atoms with Gasteiger partial charge in [0.15, 0.2) is 6.61 Å². The molecular formula is C20H22N2O4. The summed E-state index contributed by atoms with van der Waals surface area (Å²) < 4.78 is 11.0. The molecule has 0 spiro atoms. The fraction of sp³-hybridized carbons (Fsp3) is 0.300. The summed E-state index contributed by atoms with van der Waals surface area (Å²) in [6.07, 6.45) is 0.300. The molecule has 0 saturated heterocycles. The largest absolute Gasteiger partial charge is 0.491 e. The van der Waals surface area contributed by atoms with E-state index < -0.39 is 0 Å². The molecule has 1 N–H and O–H groups in total. The molecule has 0 aliphatic carbocycles. The molecule has 0 unspecified atom stereocenters. The van der Waals surface area contributed by atoms with Crippen LogP contribution in [0.3, 0.4) is 0 Å². The van der Waals surface area contributed by atoms with E-state index in [1.54, 1.807) is 17.0 Å². The number of fused-ring (bicyclic) bond motifs is 1. The molecule has 2 aromatic carbocycles. The average molecular weight is 354 g/mol. The van der Waals surface area contributed by atoms with Crippen molar-refractivity contribution in [3.63, 3.8) is 0 Å². The Bertz CT molecular complexity index is 787. The Morgan fingerprint density at radius 2 is 1.92 bits per heavy atom. The van der Waals surface area contributed by atoms with Crippen molar-refractivity contribution in [3.8, 4) is 11.5 Å². The van der Waals surface area contributed by atoms with Crippen LogP contribution in [0.5, 0.6) is 11.5 Å². The number of ether oxygens (including phenoxy) is 2. The monoisotopic (exact) mass is 354 g/mol. The van der Waals surface area contributed by atoms with Crippen LogP contribution >= 0.6 is 0 Å². The molecule has 6 heteroatoms. The van der Waals surface area contributed by atoms with Gasteiger partial charge in [0.2, 0.25) is 5.91 Å². The van der Waals surface area contributed by atoms with Crippen LogP contribution in [0.2, 0.25) is 0 Å². The number of hydrogen-bond donors (Lipinski definition) is 1. The van der Waals surface area contributed by atoms with Gasteiger partial charge in [0.05, 0.1) is 11.8 Å². The summed E-state index contributed by atoms with van der Waals surface area (Å²) in [4.78, 5) is 25.9. The third kappa shape index (κ3) is 4.33. The maximum Gasteiger partial charge on any atom is 0.265 e. The van der Waals surface area contributed by atoms with Gasteiger partial charge in [-0.25, -0.2) is 0 Å². The molecule has 3 rings (SSSR count). The summed E-state index contributed by atoms with van der Waals surface area (Å²) in [5.74, 6) is 1.12. The molecule has 1 heterocycles. The summed E-state index contributed by atoms with van der Waals surface area (Å²) >= 11 is 0. The zero-order valence-corrected chi connectivity index (χ0v) is 14.9. The van der Waals surface area contributed by atoms with Gasteiger partial charge in [0.25, 0.3) is 5.91 Å². The summed E-state index contributed by atoms with van der Waals surface area (Å²) in [7, 11) is 0. The highest BCUT2D eigenvalue weighted by atomic mass is 16.5. The Hall–Kier alpha value is -3.02. The minimum atomic E-state index is -0.153. The molecule has 2 aromatic rings. The number of benzene rings is 2. The maximum atomic E-state index is 12.2. The lowest BCUT2D eigenvalue weighted by atomic mass is 10.2. The fourth-order valence-corrected chi connectivity index (χ4v) is 2.72. The summed E-state index contributed by atoms with van der Waals surface area (Å²) in [5, 5.41) is 2.84. The van der Waals surface area contributed by atoms with Gasteiger partial charge < -0.3 is 19.7 Å². The molecule has 0 atom stereocenters. The van der Waals surface area contributed by atoms with Crippen LogP contribution in [0.4, 0.5) is 11.4 Å². The van der Waals surface area contributed by atoms with Crippen molar-refractivity contribution in [2.45, 2.75) is 26.4 Å². The minimum absolute atomic E-state index is 0.00402. The van der Waals surface area contributed by atoms with Gasteiger partial charge in [-0.3, -0.25) is 9.59 Å². The fourth-order valence-electron chi connectivity index (χ4n) is 2.72. The van der Waals surface area contributed by atoms with E-state index in [1.165, 1.54) is 0 Å². The first-order valence-electron chi connectivity index (χ1n) is 8.61. The van der Waals surface area contributed by atoms with Crippen molar-refractivity contribution in [3.05, 3.63) is 48.5 Å². The second-order valence-electron chi connectivity index (χ2n) is 6.29. The van der Waals surface area contributed by atoms with Crippen molar-refractivity contribution in [1.29, 1.82) is 0 Å². The second-order valence-corrected chi connectivity index (χ2v) is 6.29. The molecule has 1 aliphatic heterocycles. The van der Waals surface area contributed by atoms with Crippen LogP contribution in [-0.2, 0) is 9.59 Å². The van der Waals surface area contributed by atoms with E-state index in [9.17, 15) is 9.59 Å². The molecule has 0 aromatic heterocycles. The number of nitrogens with zero attached hydrogens (tertiary/aromatic N) is 1. The first-order valence-corrected chi connectivity index (χ1v) is 8.61. The Balaban J connectivity index is 1.57. The summed E-state index contributed by atoms with van der Waals surface area (Å²) in [6, 6.07) is 14.6. The van der Waals surface area contributed by atoms with Crippen molar-refractivity contribution >= 4 is 23.2 Å². The zero-order valence-electron chi connectivity index (χ0n) is 14.9. The highest BCUT2D eigenvalue weighted by molar-refractivity contribution is 5.99. The lowest BCUT2D eigenvalue weighted by Gasteiger charge is -2.29. The van der Waals surface area contributed by atoms with E-state index >= 15 is 0 Å². The molecule has 26 heavy (non-hydrogen) atoms. The minimum Gasteiger partial charge on any atom is -0.491 e. The molecule has 0 bridgehead atoms. The smallest absolute Gasteiger partial charge is 0.265 e. The number of amides is 2. The summed E-state index contributed by atoms with van der Waals surface area (Å²) in [6.45, 7) is 4.22. The third-order valence-corrected chi connectivity index (χ3v) is 3.88. The van der Waals surface area contributed by atoms with Gasteiger partial charge in [-0.1, -0.05) is 12.1 Å². The number of nitrogens with one attached hydrogen (secondary N) is 1. The zero-order chi connectivity index (χ0) is 18.5. The second kappa shape index (κ2) is 7.91. The normalized spacial score (nSPS) is 13.2. The van der Waals surface area contributed by atoms with Gasteiger partial charge in [0.1, 0.15) is 11.5 Å². The van der Waals surface area contributed by atoms with Crippen LogP contribution in [0.25, 0.3) is 0 Å². The lowest BCUT2D eigenvalue weighted by Crippen LogP contribution is -2.40. The first-order chi connectivity index (χ1) is 12.5. The molecule has 136 valence electrons. The topological polar surface area (TPSA) is 67.9 Å². The van der Waals surface area contributed by atoms with Crippen LogP contribution in [0.1, 0.15) is 20.3 Å². The summed E-state index contributed by atoms with van der Waals surface area (Å²) in [5.41, 5.74) is 1.39. The molecule has 0 saturated carbocycles. The molecular weight excluding hydrogens is 332 g/mol. The number of hydrogen-bond acceptors (Lipinski definition) is 4. The molecule has 0 radical (unpaired) electrons. The van der Waals surface area contributed by atoms with Gasteiger partial charge in [0, 0.05) is 18.7 Å². The van der Waals surface area contributed by atoms with Gasteiger partial charge in [-0.15, -0.1) is 0 Å². The number of rotatable bonds is 6. The molecule has 0 fully saturated rings. The third-order valence-electron chi connectivity index (χ3n) is 3.88. The SMILES string of the molecule is CC(C)Oc1ccc(NC(=O)CCN2C(=O)COc3ccccc32)cc1. The van der Waals surface area contributed by atoms with Gasteiger partial charge in [-0.2, -0.15) is 0 Å². The highest BCUT2D eigenvalue weighted by Crippen LogP contribution is 2.31. The van der Waals surface area contributed by atoms with Crippen molar-refractivity contribution in [2.75, 3.05) is 23.4 Å². The van der Waals surface area contributed by atoms with Crippen molar-refractivity contribution in [1.82, 2.24) is 0 Å². The van der Waals surface area contributed by atoms with E-state index in [0.717, 1.165) is 5.75 Å². The molecule has 2 amide bonds. The standard InChI is InChI=1S/C20H22N2O4/c1-14(2)26-16-9-7-15(8-10-16)21-19(23)11-12-22-17-5-3-4-6-18(17)25-13-20(22)24/h3-10,14H,11-13H2,1-2H3,(H,21,23). The average Bonchev–Trinajstić information content (AvgIpc) is 2.62. The van der Waals surface area contributed by atoms with Crippen LogP contribution in [0.15, 0.2) is 48.5 Å². The number of carbonyl (C=O) groups excluding carboxylic acids is 2. The first kappa shape index (κ1) is 17.8. The Morgan fingerprint density at radius 3 is 2.65 bits per heavy atom. The van der Waals surface area contributed by atoms with Crippen molar-refractivity contribution in [2.24, 2.45) is 0 Å². The number of anilines is 2. The van der Waals surface area contributed by atoms with Gasteiger partial charge >= 0.3 is 0 Å². The van der Waals surface area contributed by atoms with E-state index in [1.807, 2.05) is 50.2 Å².